The SMILES string of the molecule is COC(=O)[C@@H]1C(c2ccc([N+](=O)[O-])cc2)[C@H](C(=O)OC)S(=O)(=O)CS1(=O)=O. The normalized spacial score (nSPS) is 25.9. The number of nitro benzene ring substituents is 1. The van der Waals surface area contributed by atoms with Gasteiger partial charge in [0.15, 0.2) is 35.3 Å². The Balaban J connectivity index is 2.76. The fraction of sp³-hybridized carbons (Fsp3) is 0.429. The van der Waals surface area contributed by atoms with Gasteiger partial charge in [0.05, 0.1) is 19.1 Å². The second-order valence-corrected chi connectivity index (χ2v) is 10.3. The van der Waals surface area contributed by atoms with Crippen molar-refractivity contribution >= 4 is 37.3 Å². The van der Waals surface area contributed by atoms with Gasteiger partial charge < -0.3 is 9.47 Å². The highest BCUT2D eigenvalue weighted by Crippen LogP contribution is 2.39. The molecular weight excluding hydrogens is 406 g/mol. The number of ether oxygens (including phenoxy) is 2. The molecule has 0 saturated carbocycles. The van der Waals surface area contributed by atoms with Crippen LogP contribution in [-0.2, 0) is 38.7 Å². The highest BCUT2D eigenvalue weighted by atomic mass is 32.3. The minimum absolute atomic E-state index is 0.0711. The van der Waals surface area contributed by atoms with Crippen LogP contribution in [-0.4, -0.2) is 63.5 Å². The third-order valence-corrected chi connectivity index (χ3v) is 9.26. The molecule has 13 heteroatoms. The van der Waals surface area contributed by atoms with E-state index in [1.165, 1.54) is 0 Å². The Morgan fingerprint density at radius 1 is 0.963 bits per heavy atom. The standard InChI is InChI=1S/C14H15NO10S2/c1-24-13(16)11-10(8-3-5-9(6-4-8)15(18)19)12(14(17)25-2)27(22,23)7-26(11,20)21/h3-6,10-12H,7H2,1-2H3/t10?,11-,12+. The van der Waals surface area contributed by atoms with Gasteiger partial charge >= 0.3 is 11.9 Å². The molecule has 0 amide bonds. The van der Waals surface area contributed by atoms with Crippen molar-refractivity contribution in [2.45, 2.75) is 16.4 Å². The summed E-state index contributed by atoms with van der Waals surface area (Å²) in [5.41, 5.74) is -0.414. The van der Waals surface area contributed by atoms with Crippen LogP contribution >= 0.6 is 0 Å². The molecule has 148 valence electrons. The number of benzene rings is 1. The molecular formula is C14H15NO10S2. The molecule has 1 aromatic carbocycles. The van der Waals surface area contributed by atoms with Crippen LogP contribution in [0.5, 0.6) is 0 Å². The van der Waals surface area contributed by atoms with E-state index in [0.29, 0.717) is 0 Å². The molecule has 1 aliphatic heterocycles. The lowest BCUT2D eigenvalue weighted by Gasteiger charge is -2.34. The minimum atomic E-state index is -4.55. The summed E-state index contributed by atoms with van der Waals surface area (Å²) in [7, 11) is -7.25. The van der Waals surface area contributed by atoms with Gasteiger partial charge in [-0.15, -0.1) is 0 Å². The number of nitro groups is 1. The zero-order chi connectivity index (χ0) is 20.6. The van der Waals surface area contributed by atoms with Gasteiger partial charge in [0.25, 0.3) is 5.69 Å². The Morgan fingerprint density at radius 3 is 1.70 bits per heavy atom. The number of hydrogen-bond acceptors (Lipinski definition) is 10. The first-order valence-corrected chi connectivity index (χ1v) is 10.7. The molecule has 1 aliphatic rings. The highest BCUT2D eigenvalue weighted by Gasteiger charge is 2.58. The quantitative estimate of drug-likeness (QED) is 0.353. The van der Waals surface area contributed by atoms with E-state index < -0.39 is 58.0 Å². The summed E-state index contributed by atoms with van der Waals surface area (Å²) >= 11 is 0. The molecule has 1 heterocycles. The van der Waals surface area contributed by atoms with Crippen LogP contribution in [0.15, 0.2) is 24.3 Å². The van der Waals surface area contributed by atoms with Crippen LogP contribution in [0.25, 0.3) is 0 Å². The van der Waals surface area contributed by atoms with Crippen molar-refractivity contribution in [3.63, 3.8) is 0 Å². The van der Waals surface area contributed by atoms with Gasteiger partial charge in [0, 0.05) is 18.1 Å². The fourth-order valence-corrected chi connectivity index (χ4v) is 8.37. The second-order valence-electron chi connectivity index (χ2n) is 5.71. The summed E-state index contributed by atoms with van der Waals surface area (Å²) in [6, 6.07) is 4.19. The molecule has 11 nitrogen and oxygen atoms in total. The van der Waals surface area contributed by atoms with Gasteiger partial charge in [0.1, 0.15) is 0 Å². The first-order valence-electron chi connectivity index (χ1n) is 7.29. The molecule has 3 atom stereocenters. The molecule has 0 aliphatic carbocycles. The lowest BCUT2D eigenvalue weighted by atomic mass is 9.91. The Kier molecular flexibility index (Phi) is 5.56. The van der Waals surface area contributed by atoms with Crippen molar-refractivity contribution in [1.82, 2.24) is 0 Å². The summed E-state index contributed by atoms with van der Waals surface area (Å²) in [5, 5.41) is 5.39. The molecule has 1 aromatic rings. The highest BCUT2D eigenvalue weighted by molar-refractivity contribution is 8.10. The zero-order valence-electron chi connectivity index (χ0n) is 14.1. The Bertz CT molecular complexity index is 929. The topological polar surface area (TPSA) is 164 Å². The number of carbonyl (C=O) groups excluding carboxylic acids is 2. The monoisotopic (exact) mass is 421 g/mol. The molecule has 1 fully saturated rings. The van der Waals surface area contributed by atoms with Crippen LogP contribution in [0.4, 0.5) is 5.69 Å². The number of hydrogen-bond donors (Lipinski definition) is 0. The second kappa shape index (κ2) is 7.23. The lowest BCUT2D eigenvalue weighted by molar-refractivity contribution is -0.384. The lowest BCUT2D eigenvalue weighted by Crippen LogP contribution is -2.55. The predicted molar refractivity (Wildman–Crippen MR) is 90.2 cm³/mol. The van der Waals surface area contributed by atoms with Gasteiger partial charge in [-0.1, -0.05) is 12.1 Å². The molecule has 0 bridgehead atoms. The van der Waals surface area contributed by atoms with Crippen molar-refractivity contribution in [2.24, 2.45) is 0 Å². The first kappa shape index (κ1) is 20.8. The molecule has 2 rings (SSSR count). The first-order chi connectivity index (χ1) is 12.5. The van der Waals surface area contributed by atoms with E-state index in [2.05, 4.69) is 9.47 Å². The summed E-state index contributed by atoms with van der Waals surface area (Å²) < 4.78 is 58.9. The number of methoxy groups -OCH3 is 2. The Morgan fingerprint density at radius 2 is 1.37 bits per heavy atom. The zero-order valence-corrected chi connectivity index (χ0v) is 15.7. The molecule has 1 unspecified atom stereocenters. The molecule has 0 radical (unpaired) electrons. The van der Waals surface area contributed by atoms with Crippen molar-refractivity contribution < 1.29 is 40.8 Å². The summed E-state index contributed by atoms with van der Waals surface area (Å²) in [4.78, 5) is 34.4. The van der Waals surface area contributed by atoms with Crippen LogP contribution < -0.4 is 0 Å². The van der Waals surface area contributed by atoms with E-state index in [-0.39, 0.29) is 11.3 Å². The average Bonchev–Trinajstić information content (AvgIpc) is 2.58. The van der Waals surface area contributed by atoms with Gasteiger partial charge in [-0.3, -0.25) is 19.7 Å². The van der Waals surface area contributed by atoms with E-state index >= 15 is 0 Å². The maximum atomic E-state index is 12.5. The van der Waals surface area contributed by atoms with Crippen molar-refractivity contribution in [2.75, 3.05) is 19.3 Å². The third-order valence-electron chi connectivity index (χ3n) is 4.11. The Hall–Kier alpha value is -2.54. The number of sulfone groups is 2. The molecule has 0 aromatic heterocycles. The van der Waals surface area contributed by atoms with Crippen LogP contribution in [0.3, 0.4) is 0 Å². The van der Waals surface area contributed by atoms with E-state index in [9.17, 15) is 36.5 Å². The molecule has 0 spiro atoms. The van der Waals surface area contributed by atoms with E-state index in [4.69, 9.17) is 0 Å². The van der Waals surface area contributed by atoms with E-state index in [1.54, 1.807) is 0 Å². The van der Waals surface area contributed by atoms with Crippen LogP contribution in [0.2, 0.25) is 0 Å². The number of nitrogens with zero attached hydrogens (tertiary/aromatic N) is 1. The number of esters is 2. The van der Waals surface area contributed by atoms with E-state index in [1.807, 2.05) is 0 Å². The summed E-state index contributed by atoms with van der Waals surface area (Å²) in [6.45, 7) is 0. The maximum absolute atomic E-state index is 12.5. The van der Waals surface area contributed by atoms with Crippen molar-refractivity contribution in [3.05, 3.63) is 39.9 Å². The third kappa shape index (κ3) is 3.78. The molecule has 1 saturated heterocycles. The van der Waals surface area contributed by atoms with Gasteiger partial charge in [-0.25, -0.2) is 16.8 Å². The van der Waals surface area contributed by atoms with Crippen LogP contribution in [0.1, 0.15) is 11.5 Å². The van der Waals surface area contributed by atoms with Crippen LogP contribution in [0, 0.1) is 10.1 Å². The number of non-ortho nitro benzene ring substituents is 1. The number of carbonyl (C=O) groups is 2. The average molecular weight is 421 g/mol. The van der Waals surface area contributed by atoms with E-state index in [0.717, 1.165) is 38.5 Å². The summed E-state index contributed by atoms with van der Waals surface area (Å²) in [5.74, 6) is -4.18. The summed E-state index contributed by atoms with van der Waals surface area (Å²) in [6.07, 6.45) is 0. The minimum Gasteiger partial charge on any atom is -0.468 e. The largest absolute Gasteiger partial charge is 0.468 e. The Labute approximate surface area is 154 Å². The van der Waals surface area contributed by atoms with Crippen molar-refractivity contribution in [3.8, 4) is 0 Å². The number of rotatable bonds is 4. The van der Waals surface area contributed by atoms with Gasteiger partial charge in [-0.2, -0.15) is 0 Å². The van der Waals surface area contributed by atoms with Gasteiger partial charge in [-0.05, 0) is 5.56 Å². The fourth-order valence-electron chi connectivity index (χ4n) is 2.97. The van der Waals surface area contributed by atoms with Gasteiger partial charge in [0.2, 0.25) is 0 Å². The molecule has 0 N–H and O–H groups in total. The maximum Gasteiger partial charge on any atom is 0.324 e. The van der Waals surface area contributed by atoms with Crippen molar-refractivity contribution in [1.29, 1.82) is 0 Å². The predicted octanol–water partition coefficient (Wildman–Crippen LogP) is -0.438. The smallest absolute Gasteiger partial charge is 0.324 e. The molecule has 27 heavy (non-hydrogen) atoms.